The number of sulfonamides is 1. The fourth-order valence-electron chi connectivity index (χ4n) is 1.67. The molecule has 0 atom stereocenters. The lowest BCUT2D eigenvalue weighted by Crippen LogP contribution is -2.14. The van der Waals surface area contributed by atoms with Crippen LogP contribution in [0.15, 0.2) is 35.4 Å². The summed E-state index contributed by atoms with van der Waals surface area (Å²) in [6.07, 6.45) is 1.73. The summed E-state index contributed by atoms with van der Waals surface area (Å²) >= 11 is 0. The van der Waals surface area contributed by atoms with Crippen LogP contribution >= 0.6 is 0 Å². The first kappa shape index (κ1) is 13.6. The summed E-state index contributed by atoms with van der Waals surface area (Å²) in [6, 6.07) is 6.70. The number of benzene rings is 1. The first-order valence-electron chi connectivity index (χ1n) is 6.06. The number of anilines is 1. The normalized spacial score (nSPS) is 11.5. The van der Waals surface area contributed by atoms with Gasteiger partial charge in [-0.05, 0) is 44.0 Å². The minimum atomic E-state index is -3.57. The highest BCUT2D eigenvalue weighted by molar-refractivity contribution is 7.92. The Morgan fingerprint density at radius 2 is 1.95 bits per heavy atom. The molecule has 0 aliphatic heterocycles. The Bertz CT molecular complexity index is 690. The molecule has 19 heavy (non-hydrogen) atoms. The summed E-state index contributed by atoms with van der Waals surface area (Å²) in [5.74, 6) is 0.333. The Hall–Kier alpha value is -1.82. The number of nitrogens with one attached hydrogen (secondary N) is 1. The van der Waals surface area contributed by atoms with Crippen molar-refractivity contribution in [2.24, 2.45) is 0 Å². The van der Waals surface area contributed by atoms with Crippen molar-refractivity contribution in [3.63, 3.8) is 0 Å². The van der Waals surface area contributed by atoms with Crippen LogP contribution in [-0.2, 0) is 16.6 Å². The summed E-state index contributed by atoms with van der Waals surface area (Å²) in [5, 5.41) is 4.11. The molecule has 0 radical (unpaired) electrons. The first-order chi connectivity index (χ1) is 8.92. The van der Waals surface area contributed by atoms with E-state index in [1.54, 1.807) is 35.1 Å². The van der Waals surface area contributed by atoms with E-state index in [0.29, 0.717) is 12.4 Å². The predicted molar refractivity (Wildman–Crippen MR) is 74.6 cm³/mol. The molecule has 5 nitrogen and oxygen atoms in total. The van der Waals surface area contributed by atoms with Crippen LogP contribution in [-0.4, -0.2) is 18.2 Å². The van der Waals surface area contributed by atoms with Crippen LogP contribution in [0.4, 0.5) is 5.82 Å². The van der Waals surface area contributed by atoms with Crippen LogP contribution in [0, 0.1) is 13.8 Å². The van der Waals surface area contributed by atoms with Crippen LogP contribution in [0.3, 0.4) is 0 Å². The minimum absolute atomic E-state index is 0.252. The van der Waals surface area contributed by atoms with E-state index < -0.39 is 10.0 Å². The molecule has 1 N–H and O–H groups in total. The topological polar surface area (TPSA) is 64.0 Å². The molecule has 0 fully saturated rings. The molecular weight excluding hydrogens is 262 g/mol. The van der Waals surface area contributed by atoms with Gasteiger partial charge in [0, 0.05) is 18.8 Å². The Balaban J connectivity index is 2.29. The van der Waals surface area contributed by atoms with Crippen molar-refractivity contribution in [2.75, 3.05) is 4.72 Å². The third kappa shape index (κ3) is 2.96. The second-order valence-electron chi connectivity index (χ2n) is 4.41. The molecule has 0 aliphatic carbocycles. The third-order valence-electron chi connectivity index (χ3n) is 2.99. The number of rotatable bonds is 4. The van der Waals surface area contributed by atoms with E-state index in [-0.39, 0.29) is 4.90 Å². The van der Waals surface area contributed by atoms with E-state index in [0.717, 1.165) is 11.1 Å². The second kappa shape index (κ2) is 5.05. The lowest BCUT2D eigenvalue weighted by molar-refractivity contribution is 0.600. The Morgan fingerprint density at radius 3 is 2.53 bits per heavy atom. The zero-order valence-electron chi connectivity index (χ0n) is 11.2. The average Bonchev–Trinajstić information content (AvgIpc) is 2.79. The van der Waals surface area contributed by atoms with Gasteiger partial charge in [0.25, 0.3) is 10.0 Å². The van der Waals surface area contributed by atoms with Crippen molar-refractivity contribution in [1.82, 2.24) is 9.78 Å². The maximum absolute atomic E-state index is 12.2. The number of nitrogens with zero attached hydrogens (tertiary/aromatic N) is 2. The van der Waals surface area contributed by atoms with Gasteiger partial charge in [0.1, 0.15) is 0 Å². The van der Waals surface area contributed by atoms with Crippen molar-refractivity contribution in [3.8, 4) is 0 Å². The molecule has 0 aliphatic rings. The van der Waals surface area contributed by atoms with Crippen LogP contribution in [0.1, 0.15) is 18.1 Å². The van der Waals surface area contributed by atoms with E-state index in [4.69, 9.17) is 0 Å². The molecule has 0 saturated heterocycles. The fourth-order valence-corrected chi connectivity index (χ4v) is 2.75. The summed E-state index contributed by atoms with van der Waals surface area (Å²) in [5.41, 5.74) is 2.01. The first-order valence-corrected chi connectivity index (χ1v) is 7.54. The molecule has 1 aromatic carbocycles. The van der Waals surface area contributed by atoms with Crippen LogP contribution in [0.25, 0.3) is 0 Å². The average molecular weight is 279 g/mol. The van der Waals surface area contributed by atoms with Crippen molar-refractivity contribution >= 4 is 15.8 Å². The fraction of sp³-hybridized carbons (Fsp3) is 0.308. The van der Waals surface area contributed by atoms with Gasteiger partial charge < -0.3 is 0 Å². The monoisotopic (exact) mass is 279 g/mol. The van der Waals surface area contributed by atoms with E-state index in [2.05, 4.69) is 9.82 Å². The molecule has 1 aromatic heterocycles. The molecular formula is C13H17N3O2S. The van der Waals surface area contributed by atoms with E-state index >= 15 is 0 Å². The molecule has 0 unspecified atom stereocenters. The van der Waals surface area contributed by atoms with Gasteiger partial charge >= 0.3 is 0 Å². The van der Waals surface area contributed by atoms with Crippen molar-refractivity contribution in [1.29, 1.82) is 0 Å². The molecule has 0 amide bonds. The van der Waals surface area contributed by atoms with Gasteiger partial charge in [-0.15, -0.1) is 0 Å². The minimum Gasteiger partial charge on any atom is -0.271 e. The van der Waals surface area contributed by atoms with E-state index in [1.807, 2.05) is 20.8 Å². The Labute approximate surface area is 113 Å². The molecule has 0 saturated carbocycles. The quantitative estimate of drug-likeness (QED) is 0.934. The lowest BCUT2D eigenvalue weighted by atomic mass is 10.1. The van der Waals surface area contributed by atoms with Gasteiger partial charge in [-0.25, -0.2) is 8.42 Å². The van der Waals surface area contributed by atoms with Crippen LogP contribution in [0.5, 0.6) is 0 Å². The molecule has 6 heteroatoms. The van der Waals surface area contributed by atoms with Gasteiger partial charge in [-0.2, -0.15) is 5.10 Å². The van der Waals surface area contributed by atoms with Crippen molar-refractivity contribution in [2.45, 2.75) is 32.2 Å². The summed E-state index contributed by atoms with van der Waals surface area (Å²) in [7, 11) is -3.57. The van der Waals surface area contributed by atoms with Crippen molar-refractivity contribution in [3.05, 3.63) is 41.6 Å². The highest BCUT2D eigenvalue weighted by Gasteiger charge is 2.16. The lowest BCUT2D eigenvalue weighted by Gasteiger charge is -2.07. The number of aryl methyl sites for hydroxylation is 3. The Kier molecular flexibility index (Phi) is 3.61. The van der Waals surface area contributed by atoms with E-state index in [1.165, 1.54) is 0 Å². The van der Waals surface area contributed by atoms with Crippen molar-refractivity contribution < 1.29 is 8.42 Å². The molecule has 2 aromatic rings. The SMILES string of the molecule is CCn1ccc(NS(=O)(=O)c2ccc(C)c(C)c2)n1. The van der Waals surface area contributed by atoms with Gasteiger partial charge in [0.2, 0.25) is 0 Å². The maximum atomic E-state index is 12.2. The molecule has 0 spiro atoms. The highest BCUT2D eigenvalue weighted by atomic mass is 32.2. The smallest absolute Gasteiger partial charge is 0.263 e. The molecule has 2 rings (SSSR count). The van der Waals surface area contributed by atoms with Gasteiger partial charge in [0.15, 0.2) is 5.82 Å². The zero-order chi connectivity index (χ0) is 14.0. The van der Waals surface area contributed by atoms with Gasteiger partial charge in [-0.3, -0.25) is 9.40 Å². The summed E-state index contributed by atoms with van der Waals surface area (Å²) < 4.78 is 28.5. The zero-order valence-corrected chi connectivity index (χ0v) is 12.0. The highest BCUT2D eigenvalue weighted by Crippen LogP contribution is 2.17. The summed E-state index contributed by atoms with van der Waals surface area (Å²) in [6.45, 7) is 6.47. The largest absolute Gasteiger partial charge is 0.271 e. The predicted octanol–water partition coefficient (Wildman–Crippen LogP) is 2.32. The number of hydrogen-bond acceptors (Lipinski definition) is 3. The third-order valence-corrected chi connectivity index (χ3v) is 4.34. The maximum Gasteiger partial charge on any atom is 0.263 e. The number of aromatic nitrogens is 2. The van der Waals surface area contributed by atoms with Crippen LogP contribution < -0.4 is 4.72 Å². The Morgan fingerprint density at radius 1 is 1.21 bits per heavy atom. The second-order valence-corrected chi connectivity index (χ2v) is 6.09. The molecule has 102 valence electrons. The van der Waals surface area contributed by atoms with Gasteiger partial charge in [0.05, 0.1) is 4.90 Å². The number of hydrogen-bond donors (Lipinski definition) is 1. The molecule has 1 heterocycles. The standard InChI is InChI=1S/C13H17N3O2S/c1-4-16-8-7-13(14-16)15-19(17,18)12-6-5-10(2)11(3)9-12/h5-9H,4H2,1-3H3,(H,14,15). The van der Waals surface area contributed by atoms with E-state index in [9.17, 15) is 8.42 Å². The van der Waals surface area contributed by atoms with Gasteiger partial charge in [-0.1, -0.05) is 6.07 Å². The van der Waals surface area contributed by atoms with Crippen LogP contribution in [0.2, 0.25) is 0 Å². The summed E-state index contributed by atoms with van der Waals surface area (Å²) in [4.78, 5) is 0.252. The molecule has 0 bridgehead atoms.